The SMILES string of the molecule is CCC(C(=O)Nc1cc(C(F)(CF)C(F)(F)F)cnc1NC)/C(Cl)=C\C(=C/N)C(F)(F)F. The van der Waals surface area contributed by atoms with Crippen LogP contribution in [0.15, 0.2) is 35.1 Å². The quantitative estimate of drug-likeness (QED) is 0.338. The van der Waals surface area contributed by atoms with Gasteiger partial charge in [0, 0.05) is 30.0 Å². The van der Waals surface area contributed by atoms with Gasteiger partial charge in [0.1, 0.15) is 12.5 Å². The minimum atomic E-state index is -5.62. The van der Waals surface area contributed by atoms with E-state index in [0.29, 0.717) is 18.3 Å². The lowest BCUT2D eigenvalue weighted by Crippen LogP contribution is -2.40. The normalized spacial score (nSPS) is 16.3. The van der Waals surface area contributed by atoms with E-state index in [9.17, 15) is 39.9 Å². The zero-order valence-electron chi connectivity index (χ0n) is 16.6. The second kappa shape index (κ2) is 10.4. The van der Waals surface area contributed by atoms with E-state index in [1.54, 1.807) is 0 Å². The molecule has 0 aliphatic heterocycles. The third-order valence-electron chi connectivity index (χ3n) is 4.33. The molecule has 0 aliphatic carbocycles. The number of aromatic nitrogens is 1. The fourth-order valence-corrected chi connectivity index (χ4v) is 2.86. The number of carbonyl (C=O) groups is 1. The molecule has 5 nitrogen and oxygen atoms in total. The second-order valence-electron chi connectivity index (χ2n) is 6.40. The van der Waals surface area contributed by atoms with Gasteiger partial charge in [0.25, 0.3) is 5.67 Å². The summed E-state index contributed by atoms with van der Waals surface area (Å²) in [4.78, 5) is 16.1. The van der Waals surface area contributed by atoms with Gasteiger partial charge in [0.15, 0.2) is 0 Å². The van der Waals surface area contributed by atoms with Crippen molar-refractivity contribution in [2.45, 2.75) is 31.4 Å². The van der Waals surface area contributed by atoms with Gasteiger partial charge in [0.2, 0.25) is 5.91 Å². The summed E-state index contributed by atoms with van der Waals surface area (Å²) in [5.41, 5.74) is -2.48. The van der Waals surface area contributed by atoms with Crippen molar-refractivity contribution in [1.29, 1.82) is 0 Å². The molecule has 0 spiro atoms. The average Bonchev–Trinajstić information content (AvgIpc) is 2.69. The highest BCUT2D eigenvalue weighted by molar-refractivity contribution is 6.32. The van der Waals surface area contributed by atoms with Gasteiger partial charge in [-0.15, -0.1) is 0 Å². The largest absolute Gasteiger partial charge is 0.429 e. The van der Waals surface area contributed by atoms with Crippen LogP contribution in [0.25, 0.3) is 0 Å². The standard InChI is InChI=1S/C18H19ClF8N4O/c1-3-11(12(19)4-9(6-28)17(22,23)24)15(32)31-13-5-10(7-30-14(13)29-2)16(21,8-20)18(25,26)27/h4-7,11H,3,8,28H2,1-2H3,(H,29,30)(H,31,32)/b9-6+,12-4+. The third kappa shape index (κ3) is 6.02. The van der Waals surface area contributed by atoms with E-state index in [2.05, 4.69) is 15.6 Å². The van der Waals surface area contributed by atoms with Crippen molar-refractivity contribution in [3.63, 3.8) is 0 Å². The van der Waals surface area contributed by atoms with E-state index in [0.717, 1.165) is 0 Å². The summed E-state index contributed by atoms with van der Waals surface area (Å²) in [6.45, 7) is -1.03. The van der Waals surface area contributed by atoms with E-state index in [-0.39, 0.29) is 18.4 Å². The Morgan fingerprint density at radius 3 is 2.25 bits per heavy atom. The van der Waals surface area contributed by atoms with Gasteiger partial charge in [-0.2, -0.15) is 26.3 Å². The zero-order chi connectivity index (χ0) is 24.9. The molecule has 1 rings (SSSR count). The number of nitrogens with two attached hydrogens (primary N) is 1. The molecule has 180 valence electrons. The summed E-state index contributed by atoms with van der Waals surface area (Å²) in [6.07, 6.45) is -9.46. The average molecular weight is 495 g/mol. The Bertz CT molecular complexity index is 885. The fourth-order valence-electron chi connectivity index (χ4n) is 2.49. The van der Waals surface area contributed by atoms with Crippen molar-refractivity contribution >= 4 is 29.0 Å². The highest BCUT2D eigenvalue weighted by Gasteiger charge is 2.58. The number of nitrogens with zero attached hydrogens (tertiary/aromatic N) is 1. The van der Waals surface area contributed by atoms with Crippen LogP contribution in [0.4, 0.5) is 46.6 Å². The summed E-state index contributed by atoms with van der Waals surface area (Å²) < 4.78 is 105. The van der Waals surface area contributed by atoms with Gasteiger partial charge in [-0.05, 0) is 18.6 Å². The molecule has 0 saturated carbocycles. The van der Waals surface area contributed by atoms with Gasteiger partial charge < -0.3 is 16.4 Å². The molecular formula is C18H19ClF8N4O. The molecule has 4 N–H and O–H groups in total. The molecule has 1 aromatic rings. The molecular weight excluding hydrogens is 476 g/mol. The first-order valence-corrected chi connectivity index (χ1v) is 9.20. The Hall–Kier alpha value is -2.57. The molecule has 1 aromatic heterocycles. The first-order chi connectivity index (χ1) is 14.7. The van der Waals surface area contributed by atoms with Crippen molar-refractivity contribution in [2.75, 3.05) is 24.4 Å². The summed E-state index contributed by atoms with van der Waals surface area (Å²) in [5, 5.41) is 4.01. The van der Waals surface area contributed by atoms with Gasteiger partial charge >= 0.3 is 12.4 Å². The maximum atomic E-state index is 14.3. The Balaban J connectivity index is 3.36. The molecule has 2 atom stereocenters. The number of halogens is 9. The molecule has 0 aliphatic rings. The number of amides is 1. The van der Waals surface area contributed by atoms with Crippen LogP contribution in [0.2, 0.25) is 0 Å². The molecule has 32 heavy (non-hydrogen) atoms. The van der Waals surface area contributed by atoms with Crippen molar-refractivity contribution in [3.8, 4) is 0 Å². The molecule has 1 amide bonds. The highest BCUT2D eigenvalue weighted by atomic mass is 35.5. The van der Waals surface area contributed by atoms with Crippen molar-refractivity contribution < 1.29 is 39.9 Å². The predicted molar refractivity (Wildman–Crippen MR) is 103 cm³/mol. The lowest BCUT2D eigenvalue weighted by molar-refractivity contribution is -0.240. The lowest BCUT2D eigenvalue weighted by Gasteiger charge is -2.26. The van der Waals surface area contributed by atoms with Crippen LogP contribution in [0, 0.1) is 5.92 Å². The minimum Gasteiger partial charge on any atom is -0.404 e. The number of rotatable bonds is 8. The number of nitrogens with one attached hydrogen (secondary N) is 2. The zero-order valence-corrected chi connectivity index (χ0v) is 17.4. The number of hydrogen-bond acceptors (Lipinski definition) is 4. The van der Waals surface area contributed by atoms with Gasteiger partial charge in [-0.25, -0.2) is 13.8 Å². The first-order valence-electron chi connectivity index (χ1n) is 8.83. The lowest BCUT2D eigenvalue weighted by atomic mass is 9.97. The number of pyridine rings is 1. The van der Waals surface area contributed by atoms with E-state index in [4.69, 9.17) is 17.3 Å². The van der Waals surface area contributed by atoms with E-state index < -0.39 is 58.4 Å². The number of alkyl halides is 8. The van der Waals surface area contributed by atoms with E-state index in [1.807, 2.05) is 0 Å². The molecule has 0 radical (unpaired) electrons. The molecule has 0 fully saturated rings. The Morgan fingerprint density at radius 2 is 1.84 bits per heavy atom. The third-order valence-corrected chi connectivity index (χ3v) is 4.70. The second-order valence-corrected chi connectivity index (χ2v) is 6.84. The molecule has 14 heteroatoms. The van der Waals surface area contributed by atoms with Gasteiger partial charge in [-0.3, -0.25) is 4.79 Å². The fraction of sp³-hybridized carbons (Fsp3) is 0.444. The summed E-state index contributed by atoms with van der Waals surface area (Å²) in [7, 11) is 1.28. The van der Waals surface area contributed by atoms with Crippen LogP contribution >= 0.6 is 11.6 Å². The maximum absolute atomic E-state index is 14.3. The predicted octanol–water partition coefficient (Wildman–Crippen LogP) is 5.31. The molecule has 0 aromatic carbocycles. The molecule has 0 bridgehead atoms. The summed E-state index contributed by atoms with van der Waals surface area (Å²) >= 11 is 5.86. The van der Waals surface area contributed by atoms with Gasteiger partial charge in [0.05, 0.1) is 17.2 Å². The van der Waals surface area contributed by atoms with Gasteiger partial charge in [-0.1, -0.05) is 18.5 Å². The Kier molecular flexibility index (Phi) is 8.90. The van der Waals surface area contributed by atoms with Crippen LogP contribution < -0.4 is 16.4 Å². The van der Waals surface area contributed by atoms with Crippen molar-refractivity contribution in [2.24, 2.45) is 11.7 Å². The van der Waals surface area contributed by atoms with Crippen LogP contribution in [-0.4, -0.2) is 37.0 Å². The Morgan fingerprint density at radius 1 is 1.25 bits per heavy atom. The summed E-state index contributed by atoms with van der Waals surface area (Å²) in [5.74, 6) is -2.61. The Labute approximate surface area is 182 Å². The summed E-state index contributed by atoms with van der Waals surface area (Å²) in [6, 6.07) is 0.523. The number of hydrogen-bond donors (Lipinski definition) is 3. The van der Waals surface area contributed by atoms with Crippen LogP contribution in [0.5, 0.6) is 0 Å². The van der Waals surface area contributed by atoms with Crippen LogP contribution in [0.1, 0.15) is 18.9 Å². The topological polar surface area (TPSA) is 80.0 Å². The van der Waals surface area contributed by atoms with Crippen LogP contribution in [-0.2, 0) is 10.5 Å². The molecule has 1 heterocycles. The van der Waals surface area contributed by atoms with Crippen LogP contribution in [0.3, 0.4) is 0 Å². The number of anilines is 2. The molecule has 0 saturated heterocycles. The van der Waals surface area contributed by atoms with Crippen molar-refractivity contribution in [3.05, 3.63) is 40.7 Å². The maximum Gasteiger partial charge on any atom is 0.429 e. The van der Waals surface area contributed by atoms with E-state index >= 15 is 0 Å². The number of allylic oxidation sites excluding steroid dienone is 2. The first kappa shape index (κ1) is 27.5. The molecule has 2 unspecified atom stereocenters. The smallest absolute Gasteiger partial charge is 0.404 e. The van der Waals surface area contributed by atoms with E-state index in [1.165, 1.54) is 14.0 Å². The monoisotopic (exact) mass is 494 g/mol. The van der Waals surface area contributed by atoms with Crippen molar-refractivity contribution in [1.82, 2.24) is 4.98 Å². The minimum absolute atomic E-state index is 0.112. The highest BCUT2D eigenvalue weighted by Crippen LogP contribution is 2.44. The number of carbonyl (C=O) groups excluding carboxylic acids is 1.